The number of aliphatic hydroxyl groups is 2. The first-order valence-corrected chi connectivity index (χ1v) is 47.2. The van der Waals surface area contributed by atoms with Crippen molar-refractivity contribution in [3.8, 4) is 0 Å². The first-order chi connectivity index (χ1) is 55.4. The average Bonchev–Trinajstić information content (AvgIpc) is 0.870. The topological polar surface area (TPSA) is 258 Å². The lowest BCUT2D eigenvalue weighted by atomic mass is 10.1. The first kappa shape index (κ1) is 109. The van der Waals surface area contributed by atoms with E-state index >= 15 is 19.2 Å². The SMILES string of the molecule is CCCCCCCC/C=C\CCCCCCCCN(CC(=O)N(CCCCCC)CC(=O)N(CCCCCC)CC(=O)N(CCCCCC)CC(=O)N(CCCCCCCC/C=C\CCCCCCCC)CC(=O)N(CCCCCC)CC(=O)N(CCCCCC)CC(=O)N(CCCCCC)CC(N)=O)C(=O)CNC(CO)CO. The van der Waals surface area contributed by atoms with Crippen molar-refractivity contribution in [3.63, 3.8) is 0 Å². The van der Waals surface area contributed by atoms with E-state index < -0.39 is 41.5 Å². The average molecular weight is 1610 g/mol. The fourth-order valence-electron chi connectivity index (χ4n) is 14.4. The van der Waals surface area contributed by atoms with Gasteiger partial charge in [0.2, 0.25) is 53.2 Å². The number of primary amides is 1. The minimum absolute atomic E-state index is 0.194. The van der Waals surface area contributed by atoms with Gasteiger partial charge in [0, 0.05) is 52.4 Å². The highest BCUT2D eigenvalue weighted by atomic mass is 16.3. The van der Waals surface area contributed by atoms with E-state index in [0.29, 0.717) is 71.0 Å². The molecule has 0 aliphatic heterocycles. The van der Waals surface area contributed by atoms with Gasteiger partial charge in [-0.05, 0) is 103 Å². The van der Waals surface area contributed by atoms with Gasteiger partial charge in [0.05, 0.1) is 78.2 Å². The molecule has 0 aliphatic rings. The number of hydrogen-bond acceptors (Lipinski definition) is 12. The molecule has 0 aliphatic carbocycles. The van der Waals surface area contributed by atoms with E-state index in [1.54, 1.807) is 24.5 Å². The lowest BCUT2D eigenvalue weighted by molar-refractivity contribution is -0.149. The van der Waals surface area contributed by atoms with Crippen molar-refractivity contribution in [1.29, 1.82) is 0 Å². The van der Waals surface area contributed by atoms with Gasteiger partial charge in [-0.2, -0.15) is 0 Å². The molecule has 0 aromatic carbocycles. The number of allylic oxidation sites excluding steroid dienone is 4. The Hall–Kier alpha value is -5.41. The van der Waals surface area contributed by atoms with Gasteiger partial charge in [-0.1, -0.05) is 311 Å². The highest BCUT2D eigenvalue weighted by Gasteiger charge is 2.32. The Morgan fingerprint density at radius 3 is 0.579 bits per heavy atom. The number of unbranched alkanes of at least 4 members (excludes halogenated alkanes) is 42. The van der Waals surface area contributed by atoms with E-state index in [0.717, 1.165) is 205 Å². The second-order valence-electron chi connectivity index (χ2n) is 32.7. The third-order valence-corrected chi connectivity index (χ3v) is 22.0. The fraction of sp³-hybridized carbons (Fsp3) is 0.860. The number of hydrogen-bond donors (Lipinski definition) is 4. The van der Waals surface area contributed by atoms with E-state index in [1.807, 2.05) is 0 Å². The Labute approximate surface area is 697 Å². The van der Waals surface area contributed by atoms with E-state index in [2.05, 4.69) is 85.0 Å². The molecule has 0 aromatic rings. The Morgan fingerprint density at radius 1 is 0.237 bits per heavy atom. The zero-order chi connectivity index (χ0) is 84.1. The number of nitrogens with two attached hydrogens (primary N) is 1. The molecule has 0 spiro atoms. The van der Waals surface area contributed by atoms with Crippen molar-refractivity contribution in [2.45, 2.75) is 395 Å². The Balaban J connectivity index is 7.39. The monoisotopic (exact) mass is 1610 g/mol. The summed E-state index contributed by atoms with van der Waals surface area (Å²) in [5.74, 6) is -3.76. The van der Waals surface area contributed by atoms with E-state index in [1.165, 1.54) is 91.7 Å². The highest BCUT2D eigenvalue weighted by molar-refractivity contribution is 5.94. The minimum Gasteiger partial charge on any atom is -0.395 e. The summed E-state index contributed by atoms with van der Waals surface area (Å²) in [5, 5.41) is 22.7. The number of carbonyl (C=O) groups is 9. The first-order valence-electron chi connectivity index (χ1n) is 47.2. The quantitative estimate of drug-likeness (QED) is 0.0327. The molecule has 0 saturated carbocycles. The fourth-order valence-corrected chi connectivity index (χ4v) is 14.4. The van der Waals surface area contributed by atoms with Crippen molar-refractivity contribution in [3.05, 3.63) is 24.3 Å². The molecule has 0 saturated heterocycles. The van der Waals surface area contributed by atoms with Gasteiger partial charge in [0.1, 0.15) is 0 Å². The molecule has 9 amide bonds. The summed E-state index contributed by atoms with van der Waals surface area (Å²) in [6.45, 7) is 16.1. The van der Waals surface area contributed by atoms with Gasteiger partial charge in [-0.25, -0.2) is 0 Å². The number of amides is 9. The zero-order valence-corrected chi connectivity index (χ0v) is 74.8. The molecule has 664 valence electrons. The molecule has 0 rings (SSSR count). The Morgan fingerprint density at radius 2 is 0.395 bits per heavy atom. The van der Waals surface area contributed by atoms with Crippen LogP contribution in [-0.2, 0) is 43.2 Å². The van der Waals surface area contributed by atoms with Crippen LogP contribution in [0.2, 0.25) is 0 Å². The van der Waals surface area contributed by atoms with Crippen molar-refractivity contribution in [2.75, 3.05) is 124 Å². The smallest absolute Gasteiger partial charge is 0.242 e. The molecular formula is C93H176N10O11. The number of carbonyl (C=O) groups excluding carboxylic acids is 9. The number of aliphatic hydroxyl groups excluding tert-OH is 2. The summed E-state index contributed by atoms with van der Waals surface area (Å²) >= 11 is 0. The third kappa shape index (κ3) is 61.0. The maximum atomic E-state index is 15.4. The van der Waals surface area contributed by atoms with Crippen LogP contribution in [0.15, 0.2) is 24.3 Å². The lowest BCUT2D eigenvalue weighted by Crippen LogP contribution is -2.53. The van der Waals surface area contributed by atoms with Crippen LogP contribution in [-0.4, -0.2) is 233 Å². The number of nitrogens with zero attached hydrogens (tertiary/aromatic N) is 8. The molecule has 21 heteroatoms. The van der Waals surface area contributed by atoms with Crippen LogP contribution >= 0.6 is 0 Å². The molecule has 0 unspecified atom stereocenters. The maximum Gasteiger partial charge on any atom is 0.242 e. The maximum absolute atomic E-state index is 15.4. The van der Waals surface area contributed by atoms with Crippen molar-refractivity contribution < 1.29 is 53.4 Å². The number of rotatable bonds is 83. The van der Waals surface area contributed by atoms with Crippen LogP contribution < -0.4 is 11.1 Å². The molecule has 0 heterocycles. The summed E-state index contributed by atoms with van der Waals surface area (Å²) in [6.07, 6.45) is 60.9. The van der Waals surface area contributed by atoms with E-state index in [9.17, 15) is 34.2 Å². The summed E-state index contributed by atoms with van der Waals surface area (Å²) in [5.41, 5.74) is 5.68. The molecule has 0 fully saturated rings. The van der Waals surface area contributed by atoms with Gasteiger partial charge >= 0.3 is 0 Å². The summed E-state index contributed by atoms with van der Waals surface area (Å²) in [6, 6.07) is -0.714. The molecule has 0 aromatic heterocycles. The summed E-state index contributed by atoms with van der Waals surface area (Å²) in [7, 11) is 0. The summed E-state index contributed by atoms with van der Waals surface area (Å²) < 4.78 is 0. The molecule has 114 heavy (non-hydrogen) atoms. The second-order valence-corrected chi connectivity index (χ2v) is 32.7. The van der Waals surface area contributed by atoms with Gasteiger partial charge < -0.3 is 60.5 Å². The van der Waals surface area contributed by atoms with Crippen LogP contribution in [0.4, 0.5) is 0 Å². The minimum atomic E-state index is -0.714. The van der Waals surface area contributed by atoms with Gasteiger partial charge in [-0.3, -0.25) is 43.2 Å². The Bertz CT molecular complexity index is 2450. The normalized spacial score (nSPS) is 11.5. The molecule has 5 N–H and O–H groups in total. The van der Waals surface area contributed by atoms with Crippen molar-refractivity contribution in [2.24, 2.45) is 5.73 Å². The van der Waals surface area contributed by atoms with Crippen LogP contribution in [0.3, 0.4) is 0 Å². The number of nitrogens with one attached hydrogen (secondary N) is 1. The van der Waals surface area contributed by atoms with Gasteiger partial charge in [-0.15, -0.1) is 0 Å². The Kier molecular flexibility index (Phi) is 75.0. The van der Waals surface area contributed by atoms with Crippen molar-refractivity contribution >= 4 is 53.2 Å². The predicted molar refractivity (Wildman–Crippen MR) is 472 cm³/mol. The van der Waals surface area contributed by atoms with E-state index in [4.69, 9.17) is 5.73 Å². The van der Waals surface area contributed by atoms with Gasteiger partial charge in [0.15, 0.2) is 0 Å². The largest absolute Gasteiger partial charge is 0.395 e. The van der Waals surface area contributed by atoms with Crippen LogP contribution in [0, 0.1) is 0 Å². The molecule has 0 atom stereocenters. The molecule has 0 bridgehead atoms. The van der Waals surface area contributed by atoms with Crippen molar-refractivity contribution in [1.82, 2.24) is 44.5 Å². The van der Waals surface area contributed by atoms with Gasteiger partial charge in [0.25, 0.3) is 0 Å². The van der Waals surface area contributed by atoms with Crippen LogP contribution in [0.25, 0.3) is 0 Å². The standard InChI is InChI=1S/C93H176N10O11/c1-9-17-25-33-35-37-39-41-43-45-47-49-51-53-55-63-66-97(86(107)73-95-84(82-104)83-105)75-88(109)99(68-59-29-21-13-5)77-90(111)101(70-61-31-23-15-7)79-91(112)102(71-62-32-24-16-8)80-93(114)103(72-64-56-54-52-50-48-46-44-42-40-38-36-34-26-18-10-2)81-92(113)100(69-60-30-22-14-6)78-89(110)98(67-58-28-20-12-4)76-87(108)96(74-85(94)106)65-57-27-19-11-3/h41-44,84,95,104-105H,9-40,45-83H2,1-8H3,(H2,94,106)/b43-41-,44-42-. The van der Waals surface area contributed by atoms with Crippen LogP contribution in [0.5, 0.6) is 0 Å². The molecule has 0 radical (unpaired) electrons. The second kappa shape index (κ2) is 78.7. The highest BCUT2D eigenvalue weighted by Crippen LogP contribution is 2.18. The van der Waals surface area contributed by atoms with E-state index in [-0.39, 0.29) is 123 Å². The molecule has 21 nitrogen and oxygen atoms in total. The third-order valence-electron chi connectivity index (χ3n) is 22.0. The molecular weight excluding hydrogens is 1430 g/mol. The zero-order valence-electron chi connectivity index (χ0n) is 74.8. The summed E-state index contributed by atoms with van der Waals surface area (Å²) in [4.78, 5) is 143. The van der Waals surface area contributed by atoms with Crippen LogP contribution in [0.1, 0.15) is 389 Å². The lowest BCUT2D eigenvalue weighted by Gasteiger charge is -2.33. The predicted octanol–water partition coefficient (Wildman–Crippen LogP) is 17.6.